The van der Waals surface area contributed by atoms with E-state index in [0.29, 0.717) is 0 Å². The highest BCUT2D eigenvalue weighted by Crippen LogP contribution is 2.08. The van der Waals surface area contributed by atoms with Gasteiger partial charge in [-0.3, -0.25) is 9.63 Å². The van der Waals surface area contributed by atoms with Crippen molar-refractivity contribution in [3.8, 4) is 0 Å². The Morgan fingerprint density at radius 1 is 1.40 bits per heavy atom. The predicted octanol–water partition coefficient (Wildman–Crippen LogP) is -0.349. The van der Waals surface area contributed by atoms with E-state index in [1.165, 1.54) is 0 Å². The Hall–Kier alpha value is -1.14. The zero-order chi connectivity index (χ0) is 11.1. The number of carboxylic acid groups (broad SMARTS) is 1. The Bertz CT molecular complexity index is 224. The molecule has 1 amide bonds. The molecule has 1 aliphatic rings. The minimum absolute atomic E-state index is 0.263. The van der Waals surface area contributed by atoms with Crippen molar-refractivity contribution in [3.05, 3.63) is 0 Å². The fraction of sp³-hybridized carbons (Fsp3) is 0.778. The number of aliphatic carboxylic acids is 1. The van der Waals surface area contributed by atoms with Crippen LogP contribution >= 0.6 is 0 Å². The van der Waals surface area contributed by atoms with E-state index in [-0.39, 0.29) is 11.9 Å². The number of carboxylic acids is 1. The lowest BCUT2D eigenvalue weighted by Crippen LogP contribution is -2.44. The number of hydroxylamine groups is 1. The van der Waals surface area contributed by atoms with Gasteiger partial charge in [0.1, 0.15) is 0 Å². The Balaban J connectivity index is 2.22. The molecule has 6 nitrogen and oxygen atoms in total. The van der Waals surface area contributed by atoms with E-state index in [2.05, 4.69) is 15.6 Å². The molecule has 1 heterocycles. The van der Waals surface area contributed by atoms with Crippen molar-refractivity contribution >= 4 is 11.9 Å². The molecule has 15 heavy (non-hydrogen) atoms. The predicted molar refractivity (Wildman–Crippen MR) is 52.0 cm³/mol. The molecule has 0 aromatic carbocycles. The molecular formula is C9H16N2O4. The summed E-state index contributed by atoms with van der Waals surface area (Å²) >= 11 is 0. The first-order valence-electron chi connectivity index (χ1n) is 5.07. The minimum Gasteiger partial charge on any atom is -0.479 e. The van der Waals surface area contributed by atoms with Crippen molar-refractivity contribution in [3.63, 3.8) is 0 Å². The number of carbonyl (C=O) groups excluding carboxylic acids is 1. The number of hydrogen-bond acceptors (Lipinski definition) is 4. The maximum Gasteiger partial charge on any atom is 0.332 e. The molecule has 0 aliphatic carbocycles. The summed E-state index contributed by atoms with van der Waals surface area (Å²) in [6, 6.07) is -0.263. The van der Waals surface area contributed by atoms with E-state index in [9.17, 15) is 9.59 Å². The number of rotatable bonds is 4. The Morgan fingerprint density at radius 2 is 2.20 bits per heavy atom. The van der Waals surface area contributed by atoms with Gasteiger partial charge in [-0.05, 0) is 19.4 Å². The highest BCUT2D eigenvalue weighted by molar-refractivity contribution is 5.81. The maximum atomic E-state index is 11.4. The second-order valence-electron chi connectivity index (χ2n) is 3.50. The largest absolute Gasteiger partial charge is 0.479 e. The zero-order valence-corrected chi connectivity index (χ0v) is 8.49. The van der Waals surface area contributed by atoms with Crippen LogP contribution in [0, 0.1) is 0 Å². The number of hydrogen-bond donors (Lipinski definition) is 3. The molecule has 0 saturated carbocycles. The van der Waals surface area contributed by atoms with Gasteiger partial charge in [0.15, 0.2) is 6.61 Å². The molecule has 1 rings (SSSR count). The van der Waals surface area contributed by atoms with Gasteiger partial charge >= 0.3 is 5.97 Å². The van der Waals surface area contributed by atoms with Crippen LogP contribution in [0.2, 0.25) is 0 Å². The van der Waals surface area contributed by atoms with Crippen LogP contribution in [0.4, 0.5) is 0 Å². The molecule has 6 heteroatoms. The van der Waals surface area contributed by atoms with Crippen LogP contribution in [0.15, 0.2) is 0 Å². The highest BCUT2D eigenvalue weighted by atomic mass is 16.7. The monoisotopic (exact) mass is 216 g/mol. The van der Waals surface area contributed by atoms with Crippen molar-refractivity contribution < 1.29 is 19.5 Å². The molecule has 0 radical (unpaired) electrons. The van der Waals surface area contributed by atoms with E-state index >= 15 is 0 Å². The van der Waals surface area contributed by atoms with Gasteiger partial charge in [0.25, 0.3) is 5.91 Å². The first kappa shape index (κ1) is 11.9. The molecule has 1 unspecified atom stereocenters. The summed E-state index contributed by atoms with van der Waals surface area (Å²) < 4.78 is 0. The molecule has 0 bridgehead atoms. The van der Waals surface area contributed by atoms with Gasteiger partial charge in [-0.1, -0.05) is 12.8 Å². The van der Waals surface area contributed by atoms with E-state index in [1.54, 1.807) is 0 Å². The van der Waals surface area contributed by atoms with Gasteiger partial charge in [-0.2, -0.15) is 0 Å². The quantitative estimate of drug-likeness (QED) is 0.559. The molecule has 3 N–H and O–H groups in total. The van der Waals surface area contributed by atoms with Crippen LogP contribution in [0.1, 0.15) is 25.7 Å². The van der Waals surface area contributed by atoms with Gasteiger partial charge in [-0.15, -0.1) is 0 Å². The normalized spacial score (nSPS) is 21.7. The van der Waals surface area contributed by atoms with Crippen LogP contribution in [0.3, 0.4) is 0 Å². The fourth-order valence-corrected chi connectivity index (χ4v) is 1.49. The molecule has 1 aliphatic heterocycles. The number of carbonyl (C=O) groups is 2. The van der Waals surface area contributed by atoms with Crippen molar-refractivity contribution in [2.75, 3.05) is 13.2 Å². The summed E-state index contributed by atoms with van der Waals surface area (Å²) in [5, 5.41) is 11.4. The first-order chi connectivity index (χ1) is 7.20. The van der Waals surface area contributed by atoms with Crippen molar-refractivity contribution in [2.45, 2.75) is 31.7 Å². The summed E-state index contributed by atoms with van der Waals surface area (Å²) in [7, 11) is 0. The van der Waals surface area contributed by atoms with Gasteiger partial charge < -0.3 is 10.4 Å². The fourth-order valence-electron chi connectivity index (χ4n) is 1.49. The van der Waals surface area contributed by atoms with Crippen LogP contribution in [-0.4, -0.2) is 36.2 Å². The summed E-state index contributed by atoms with van der Waals surface area (Å²) in [5.41, 5.74) is 2.13. The van der Waals surface area contributed by atoms with Gasteiger partial charge in [-0.25, -0.2) is 10.3 Å². The Labute approximate surface area is 87.9 Å². The van der Waals surface area contributed by atoms with Gasteiger partial charge in [0.2, 0.25) is 0 Å². The first-order valence-corrected chi connectivity index (χ1v) is 5.07. The van der Waals surface area contributed by atoms with E-state index in [0.717, 1.165) is 32.2 Å². The average Bonchev–Trinajstić information content (AvgIpc) is 2.44. The molecule has 1 saturated heterocycles. The average molecular weight is 216 g/mol. The van der Waals surface area contributed by atoms with Crippen molar-refractivity contribution in [1.29, 1.82) is 0 Å². The molecule has 1 fully saturated rings. The summed E-state index contributed by atoms with van der Waals surface area (Å²) in [5.74, 6) is -1.40. The zero-order valence-electron chi connectivity index (χ0n) is 8.49. The standard InChI is InChI=1S/C9H16N2O4/c12-8(13)6-15-11-9(14)7-4-2-1-3-5-10-7/h7,10H,1-6H2,(H,11,14)(H,12,13). The SMILES string of the molecule is O=C(O)CONC(=O)C1CCCCCN1. The molecule has 0 spiro atoms. The lowest BCUT2D eigenvalue weighted by Gasteiger charge is -2.14. The number of nitrogens with one attached hydrogen (secondary N) is 2. The Morgan fingerprint density at radius 3 is 2.93 bits per heavy atom. The molecule has 1 atom stereocenters. The summed E-state index contributed by atoms with van der Waals surface area (Å²) in [6.45, 7) is 0.301. The Kier molecular flexibility index (Phi) is 5.06. The van der Waals surface area contributed by atoms with E-state index < -0.39 is 12.6 Å². The molecule has 0 aromatic heterocycles. The van der Waals surface area contributed by atoms with Crippen LogP contribution < -0.4 is 10.8 Å². The molecule has 86 valence electrons. The van der Waals surface area contributed by atoms with Gasteiger partial charge in [0, 0.05) is 0 Å². The van der Waals surface area contributed by atoms with Crippen LogP contribution in [0.25, 0.3) is 0 Å². The second-order valence-corrected chi connectivity index (χ2v) is 3.50. The van der Waals surface area contributed by atoms with Crippen LogP contribution in [-0.2, 0) is 14.4 Å². The molecule has 0 aromatic rings. The third kappa shape index (κ3) is 4.75. The topological polar surface area (TPSA) is 87.7 Å². The summed E-state index contributed by atoms with van der Waals surface area (Å²) in [4.78, 5) is 26.1. The molecular weight excluding hydrogens is 200 g/mol. The third-order valence-corrected chi connectivity index (χ3v) is 2.25. The van der Waals surface area contributed by atoms with E-state index in [1.807, 2.05) is 0 Å². The lowest BCUT2D eigenvalue weighted by molar-refractivity contribution is -0.150. The number of amides is 1. The lowest BCUT2D eigenvalue weighted by atomic mass is 10.1. The third-order valence-electron chi connectivity index (χ3n) is 2.25. The van der Waals surface area contributed by atoms with Crippen molar-refractivity contribution in [1.82, 2.24) is 10.8 Å². The van der Waals surface area contributed by atoms with Gasteiger partial charge in [0.05, 0.1) is 6.04 Å². The van der Waals surface area contributed by atoms with Crippen LogP contribution in [0.5, 0.6) is 0 Å². The second kappa shape index (κ2) is 6.36. The van der Waals surface area contributed by atoms with E-state index in [4.69, 9.17) is 5.11 Å². The maximum absolute atomic E-state index is 11.4. The summed E-state index contributed by atoms with van der Waals surface area (Å²) in [6.07, 6.45) is 3.96. The highest BCUT2D eigenvalue weighted by Gasteiger charge is 2.19. The smallest absolute Gasteiger partial charge is 0.332 e. The van der Waals surface area contributed by atoms with Crippen molar-refractivity contribution in [2.24, 2.45) is 0 Å². The minimum atomic E-state index is -1.11.